The van der Waals surface area contributed by atoms with Crippen LogP contribution in [0.15, 0.2) is 53.0 Å². The van der Waals surface area contributed by atoms with Gasteiger partial charge in [0.25, 0.3) is 5.91 Å². The number of rotatable bonds is 5. The number of ether oxygens (including phenoxy) is 1. The van der Waals surface area contributed by atoms with E-state index in [0.717, 1.165) is 21.3 Å². The number of nitrogens with zero attached hydrogens (tertiary/aromatic N) is 1. The van der Waals surface area contributed by atoms with Gasteiger partial charge in [0.05, 0.1) is 0 Å². The number of carbonyl (C=O) groups excluding carboxylic acids is 1. The Morgan fingerprint density at radius 3 is 2.57 bits per heavy atom. The molecule has 0 fully saturated rings. The van der Waals surface area contributed by atoms with Crippen LogP contribution < -0.4 is 4.74 Å². The first kappa shape index (κ1) is 15.6. The van der Waals surface area contributed by atoms with Crippen LogP contribution in [0.25, 0.3) is 0 Å². The molecule has 0 aliphatic carbocycles. The highest BCUT2D eigenvalue weighted by atomic mass is 79.9. The molecule has 3 nitrogen and oxygen atoms in total. The molecule has 0 saturated heterocycles. The van der Waals surface area contributed by atoms with Crippen LogP contribution in [-0.4, -0.2) is 24.5 Å². The van der Waals surface area contributed by atoms with Crippen molar-refractivity contribution in [2.24, 2.45) is 0 Å². The molecule has 21 heavy (non-hydrogen) atoms. The van der Waals surface area contributed by atoms with Gasteiger partial charge in [0.2, 0.25) is 0 Å². The van der Waals surface area contributed by atoms with Crippen molar-refractivity contribution < 1.29 is 9.53 Å². The minimum atomic E-state index is -0.0406. The van der Waals surface area contributed by atoms with Crippen molar-refractivity contribution in [3.05, 3.63) is 64.1 Å². The van der Waals surface area contributed by atoms with E-state index in [2.05, 4.69) is 15.9 Å². The number of aryl methyl sites for hydroxylation is 1. The average molecular weight is 348 g/mol. The second-order valence-electron chi connectivity index (χ2n) is 4.93. The van der Waals surface area contributed by atoms with Gasteiger partial charge in [-0.1, -0.05) is 46.3 Å². The van der Waals surface area contributed by atoms with E-state index in [1.807, 2.05) is 55.5 Å². The number of hydrogen-bond acceptors (Lipinski definition) is 2. The molecule has 0 aromatic heterocycles. The van der Waals surface area contributed by atoms with Crippen LogP contribution in [0.1, 0.15) is 11.1 Å². The number of likely N-dealkylation sites (N-methyl/N-ethyl adjacent to an activating group) is 1. The molecular formula is C17H18BrNO2. The van der Waals surface area contributed by atoms with Gasteiger partial charge in [0.1, 0.15) is 5.75 Å². The number of carbonyl (C=O) groups is 1. The third-order valence-electron chi connectivity index (χ3n) is 3.18. The van der Waals surface area contributed by atoms with Gasteiger partial charge in [-0.3, -0.25) is 4.79 Å². The molecule has 0 spiro atoms. The highest BCUT2D eigenvalue weighted by Crippen LogP contribution is 2.22. The molecule has 0 aliphatic rings. The minimum absolute atomic E-state index is 0.0406. The van der Waals surface area contributed by atoms with Crippen molar-refractivity contribution in [3.8, 4) is 5.75 Å². The lowest BCUT2D eigenvalue weighted by atomic mass is 10.2. The van der Waals surface area contributed by atoms with Gasteiger partial charge in [0, 0.05) is 18.1 Å². The summed E-state index contributed by atoms with van der Waals surface area (Å²) in [6, 6.07) is 15.6. The van der Waals surface area contributed by atoms with Gasteiger partial charge >= 0.3 is 0 Å². The zero-order chi connectivity index (χ0) is 15.2. The van der Waals surface area contributed by atoms with E-state index in [-0.39, 0.29) is 12.5 Å². The van der Waals surface area contributed by atoms with Gasteiger partial charge in [0.15, 0.2) is 6.61 Å². The molecule has 0 heterocycles. The molecule has 2 rings (SSSR count). The molecule has 110 valence electrons. The van der Waals surface area contributed by atoms with Gasteiger partial charge in [-0.05, 0) is 36.2 Å². The summed E-state index contributed by atoms with van der Waals surface area (Å²) < 4.78 is 6.60. The lowest BCUT2D eigenvalue weighted by Gasteiger charge is -2.18. The largest absolute Gasteiger partial charge is 0.483 e. The molecule has 0 saturated carbocycles. The van der Waals surface area contributed by atoms with Crippen molar-refractivity contribution in [3.63, 3.8) is 0 Å². The van der Waals surface area contributed by atoms with E-state index in [0.29, 0.717) is 6.54 Å². The molecule has 2 aromatic rings. The summed E-state index contributed by atoms with van der Waals surface area (Å²) in [6.45, 7) is 2.59. The van der Waals surface area contributed by atoms with Crippen LogP contribution >= 0.6 is 15.9 Å². The summed E-state index contributed by atoms with van der Waals surface area (Å²) in [7, 11) is 1.78. The second kappa shape index (κ2) is 7.27. The Labute approximate surface area is 133 Å². The first-order valence-corrected chi connectivity index (χ1v) is 7.52. The van der Waals surface area contributed by atoms with E-state index in [1.165, 1.54) is 0 Å². The molecule has 0 atom stereocenters. The number of halogens is 1. The van der Waals surface area contributed by atoms with Gasteiger partial charge in [-0.2, -0.15) is 0 Å². The lowest BCUT2D eigenvalue weighted by Crippen LogP contribution is -2.31. The first-order chi connectivity index (χ1) is 10.1. The highest BCUT2D eigenvalue weighted by molar-refractivity contribution is 9.10. The van der Waals surface area contributed by atoms with E-state index >= 15 is 0 Å². The fourth-order valence-electron chi connectivity index (χ4n) is 1.97. The third kappa shape index (κ3) is 4.60. The Hall–Kier alpha value is -1.81. The molecule has 0 aliphatic heterocycles. The van der Waals surface area contributed by atoms with Crippen molar-refractivity contribution in [1.29, 1.82) is 0 Å². The zero-order valence-corrected chi connectivity index (χ0v) is 13.8. The molecule has 4 heteroatoms. The number of hydrogen-bond donors (Lipinski definition) is 0. The topological polar surface area (TPSA) is 29.5 Å². The quantitative estimate of drug-likeness (QED) is 0.823. The lowest BCUT2D eigenvalue weighted by molar-refractivity contribution is -0.132. The highest BCUT2D eigenvalue weighted by Gasteiger charge is 2.11. The normalized spacial score (nSPS) is 10.2. The maximum Gasteiger partial charge on any atom is 0.260 e. The Bertz CT molecular complexity index is 613. The maximum atomic E-state index is 12.1. The Morgan fingerprint density at radius 2 is 1.90 bits per heavy atom. The van der Waals surface area contributed by atoms with Crippen molar-refractivity contribution in [1.82, 2.24) is 4.90 Å². The summed E-state index contributed by atoms with van der Waals surface area (Å²) in [6.07, 6.45) is 0. The van der Waals surface area contributed by atoms with Crippen LogP contribution in [0.4, 0.5) is 0 Å². The Kier molecular flexibility index (Phi) is 5.39. The van der Waals surface area contributed by atoms with Crippen LogP contribution in [0.5, 0.6) is 5.75 Å². The summed E-state index contributed by atoms with van der Waals surface area (Å²) in [5.41, 5.74) is 2.11. The van der Waals surface area contributed by atoms with E-state index in [4.69, 9.17) is 4.74 Å². The summed E-state index contributed by atoms with van der Waals surface area (Å²) in [5, 5.41) is 0. The van der Waals surface area contributed by atoms with E-state index in [9.17, 15) is 4.79 Å². The molecule has 1 amide bonds. The van der Waals surface area contributed by atoms with E-state index in [1.54, 1.807) is 11.9 Å². The van der Waals surface area contributed by atoms with Crippen molar-refractivity contribution in [2.45, 2.75) is 13.5 Å². The monoisotopic (exact) mass is 347 g/mol. The summed E-state index contributed by atoms with van der Waals surface area (Å²) >= 11 is 3.41. The molecular weight excluding hydrogens is 330 g/mol. The van der Waals surface area contributed by atoms with Gasteiger partial charge in [-0.15, -0.1) is 0 Å². The molecule has 0 N–H and O–H groups in total. The fourth-order valence-corrected chi connectivity index (χ4v) is 2.45. The number of benzene rings is 2. The fraction of sp³-hybridized carbons (Fsp3) is 0.235. The SMILES string of the molecule is Cc1cc(Br)ccc1OCC(=O)N(C)Cc1ccccc1. The number of amides is 1. The Morgan fingerprint density at radius 1 is 1.19 bits per heavy atom. The standard InChI is InChI=1S/C17H18BrNO2/c1-13-10-15(18)8-9-16(13)21-12-17(20)19(2)11-14-6-4-3-5-7-14/h3-10H,11-12H2,1-2H3. The predicted molar refractivity (Wildman–Crippen MR) is 87.3 cm³/mol. The van der Waals surface area contributed by atoms with Crippen LogP contribution in [0, 0.1) is 6.92 Å². The van der Waals surface area contributed by atoms with Crippen LogP contribution in [0.2, 0.25) is 0 Å². The second-order valence-corrected chi connectivity index (χ2v) is 5.85. The van der Waals surface area contributed by atoms with Gasteiger partial charge in [-0.25, -0.2) is 0 Å². The van der Waals surface area contributed by atoms with E-state index < -0.39 is 0 Å². The van der Waals surface area contributed by atoms with Gasteiger partial charge < -0.3 is 9.64 Å². The molecule has 0 unspecified atom stereocenters. The minimum Gasteiger partial charge on any atom is -0.483 e. The smallest absolute Gasteiger partial charge is 0.260 e. The molecule has 0 bridgehead atoms. The molecule has 2 aromatic carbocycles. The zero-order valence-electron chi connectivity index (χ0n) is 12.2. The third-order valence-corrected chi connectivity index (χ3v) is 3.67. The van der Waals surface area contributed by atoms with Crippen LogP contribution in [-0.2, 0) is 11.3 Å². The van der Waals surface area contributed by atoms with Crippen LogP contribution in [0.3, 0.4) is 0 Å². The predicted octanol–water partition coefficient (Wildman–Crippen LogP) is 3.79. The maximum absolute atomic E-state index is 12.1. The summed E-state index contributed by atoms with van der Waals surface area (Å²) in [5.74, 6) is 0.695. The average Bonchev–Trinajstić information content (AvgIpc) is 2.47. The summed E-state index contributed by atoms with van der Waals surface area (Å²) in [4.78, 5) is 13.8. The first-order valence-electron chi connectivity index (χ1n) is 6.73. The van der Waals surface area contributed by atoms with Crippen molar-refractivity contribution in [2.75, 3.05) is 13.7 Å². The van der Waals surface area contributed by atoms with Crippen molar-refractivity contribution >= 4 is 21.8 Å². The molecule has 0 radical (unpaired) electrons. The Balaban J connectivity index is 1.89.